The Morgan fingerprint density at radius 2 is 2.05 bits per heavy atom. The molecule has 0 aromatic heterocycles. The normalized spacial score (nSPS) is 29.4. The van der Waals surface area contributed by atoms with Gasteiger partial charge in [-0.2, -0.15) is 0 Å². The van der Waals surface area contributed by atoms with Crippen LogP contribution in [0.1, 0.15) is 39.0 Å². The SMILES string of the molecule is CCNC(=O)CCCC(=O)N1CC2CCC(N)C2C1. The summed E-state index contributed by atoms with van der Waals surface area (Å²) in [6.07, 6.45) is 3.83. The Hall–Kier alpha value is -1.10. The van der Waals surface area contributed by atoms with Crippen LogP contribution in [0.2, 0.25) is 0 Å². The lowest BCUT2D eigenvalue weighted by Crippen LogP contribution is -2.33. The van der Waals surface area contributed by atoms with Crippen LogP contribution in [0.25, 0.3) is 0 Å². The van der Waals surface area contributed by atoms with E-state index in [0.29, 0.717) is 37.6 Å². The monoisotopic (exact) mass is 267 g/mol. The third-order valence-corrected chi connectivity index (χ3v) is 4.43. The average molecular weight is 267 g/mol. The zero-order valence-electron chi connectivity index (χ0n) is 11.7. The second-order valence-corrected chi connectivity index (χ2v) is 5.77. The molecular formula is C14H25N3O2. The minimum absolute atomic E-state index is 0.0376. The van der Waals surface area contributed by atoms with Crippen molar-refractivity contribution in [3.05, 3.63) is 0 Å². The van der Waals surface area contributed by atoms with Gasteiger partial charge in [-0.05, 0) is 38.0 Å². The first-order valence-electron chi connectivity index (χ1n) is 7.42. The van der Waals surface area contributed by atoms with Crippen molar-refractivity contribution < 1.29 is 9.59 Å². The van der Waals surface area contributed by atoms with Crippen LogP contribution in [0, 0.1) is 11.8 Å². The molecule has 2 fully saturated rings. The molecule has 1 aliphatic carbocycles. The predicted molar refractivity (Wildman–Crippen MR) is 73.3 cm³/mol. The lowest BCUT2D eigenvalue weighted by Gasteiger charge is -2.18. The van der Waals surface area contributed by atoms with Crippen molar-refractivity contribution in [1.29, 1.82) is 0 Å². The van der Waals surface area contributed by atoms with Crippen molar-refractivity contribution in [3.8, 4) is 0 Å². The summed E-state index contributed by atoms with van der Waals surface area (Å²) in [5.41, 5.74) is 6.06. The maximum Gasteiger partial charge on any atom is 0.222 e. The second kappa shape index (κ2) is 6.37. The second-order valence-electron chi connectivity index (χ2n) is 5.77. The third-order valence-electron chi connectivity index (χ3n) is 4.43. The molecule has 1 heterocycles. The molecule has 3 N–H and O–H groups in total. The molecule has 1 saturated heterocycles. The van der Waals surface area contributed by atoms with Crippen LogP contribution in [0.15, 0.2) is 0 Å². The van der Waals surface area contributed by atoms with E-state index in [1.54, 1.807) is 0 Å². The maximum absolute atomic E-state index is 12.1. The van der Waals surface area contributed by atoms with Crippen LogP contribution < -0.4 is 11.1 Å². The zero-order valence-corrected chi connectivity index (χ0v) is 11.7. The fourth-order valence-electron chi connectivity index (χ4n) is 3.35. The van der Waals surface area contributed by atoms with E-state index in [4.69, 9.17) is 5.73 Å². The van der Waals surface area contributed by atoms with Gasteiger partial charge < -0.3 is 16.0 Å². The number of amides is 2. The lowest BCUT2D eigenvalue weighted by molar-refractivity contribution is -0.130. The van der Waals surface area contributed by atoms with Crippen LogP contribution in [0.5, 0.6) is 0 Å². The number of hydrogen-bond acceptors (Lipinski definition) is 3. The highest BCUT2D eigenvalue weighted by Crippen LogP contribution is 2.37. The molecule has 1 saturated carbocycles. The minimum atomic E-state index is 0.0376. The lowest BCUT2D eigenvalue weighted by atomic mass is 9.98. The van der Waals surface area contributed by atoms with Crippen LogP contribution in [-0.4, -0.2) is 42.4 Å². The Kier molecular flexibility index (Phi) is 4.80. The van der Waals surface area contributed by atoms with E-state index in [-0.39, 0.29) is 17.9 Å². The number of rotatable bonds is 5. The highest BCUT2D eigenvalue weighted by Gasteiger charge is 2.42. The Morgan fingerprint density at radius 3 is 2.74 bits per heavy atom. The van der Waals surface area contributed by atoms with Crippen LogP contribution in [0.4, 0.5) is 0 Å². The fourth-order valence-corrected chi connectivity index (χ4v) is 3.35. The van der Waals surface area contributed by atoms with Gasteiger partial charge in [-0.25, -0.2) is 0 Å². The van der Waals surface area contributed by atoms with E-state index in [1.165, 1.54) is 0 Å². The minimum Gasteiger partial charge on any atom is -0.356 e. The Labute approximate surface area is 114 Å². The van der Waals surface area contributed by atoms with Crippen molar-refractivity contribution in [2.75, 3.05) is 19.6 Å². The first-order chi connectivity index (χ1) is 9.11. The van der Waals surface area contributed by atoms with Gasteiger partial charge in [0.05, 0.1) is 0 Å². The van der Waals surface area contributed by atoms with Gasteiger partial charge in [0.15, 0.2) is 0 Å². The van der Waals surface area contributed by atoms with Gasteiger partial charge in [0.25, 0.3) is 0 Å². The number of fused-ring (bicyclic) bond motifs is 1. The smallest absolute Gasteiger partial charge is 0.222 e. The van der Waals surface area contributed by atoms with E-state index in [1.807, 2.05) is 11.8 Å². The summed E-state index contributed by atoms with van der Waals surface area (Å²) in [5.74, 6) is 1.34. The zero-order chi connectivity index (χ0) is 13.8. The third kappa shape index (κ3) is 3.47. The van der Waals surface area contributed by atoms with E-state index in [2.05, 4.69) is 5.32 Å². The van der Waals surface area contributed by atoms with E-state index in [0.717, 1.165) is 25.9 Å². The Bertz CT molecular complexity index is 346. The fraction of sp³-hybridized carbons (Fsp3) is 0.857. The molecule has 3 atom stereocenters. The molecule has 0 spiro atoms. The number of nitrogens with zero attached hydrogens (tertiary/aromatic N) is 1. The van der Waals surface area contributed by atoms with Gasteiger partial charge in [-0.15, -0.1) is 0 Å². The van der Waals surface area contributed by atoms with Gasteiger partial charge in [0, 0.05) is 38.5 Å². The summed E-state index contributed by atoms with van der Waals surface area (Å²) in [6, 6.07) is 0.276. The number of nitrogens with one attached hydrogen (secondary N) is 1. The van der Waals surface area contributed by atoms with Crippen molar-refractivity contribution in [3.63, 3.8) is 0 Å². The number of carbonyl (C=O) groups excluding carboxylic acids is 2. The molecule has 5 heteroatoms. The van der Waals surface area contributed by atoms with Gasteiger partial charge >= 0.3 is 0 Å². The molecular weight excluding hydrogens is 242 g/mol. The molecule has 2 aliphatic rings. The van der Waals surface area contributed by atoms with Crippen LogP contribution in [-0.2, 0) is 9.59 Å². The van der Waals surface area contributed by atoms with Gasteiger partial charge in [0.1, 0.15) is 0 Å². The number of nitrogens with two attached hydrogens (primary N) is 1. The molecule has 108 valence electrons. The number of carbonyl (C=O) groups is 2. The van der Waals surface area contributed by atoms with Gasteiger partial charge in [-0.1, -0.05) is 0 Å². The van der Waals surface area contributed by atoms with Crippen LogP contribution >= 0.6 is 0 Å². The quantitative estimate of drug-likeness (QED) is 0.761. The molecule has 0 aromatic carbocycles. The summed E-state index contributed by atoms with van der Waals surface area (Å²) in [7, 11) is 0. The molecule has 2 rings (SSSR count). The molecule has 0 radical (unpaired) electrons. The Balaban J connectivity index is 1.69. The number of likely N-dealkylation sites (tertiary alicyclic amines) is 1. The molecule has 5 nitrogen and oxygen atoms in total. The van der Waals surface area contributed by atoms with Crippen molar-refractivity contribution >= 4 is 11.8 Å². The standard InChI is InChI=1S/C14H25N3O2/c1-2-16-13(18)4-3-5-14(19)17-8-10-6-7-12(15)11(10)9-17/h10-12H,2-9,15H2,1H3,(H,16,18). The molecule has 0 aromatic rings. The topological polar surface area (TPSA) is 75.4 Å². The van der Waals surface area contributed by atoms with Crippen molar-refractivity contribution in [2.45, 2.75) is 45.1 Å². The Morgan fingerprint density at radius 1 is 1.26 bits per heavy atom. The van der Waals surface area contributed by atoms with Crippen molar-refractivity contribution in [1.82, 2.24) is 10.2 Å². The summed E-state index contributed by atoms with van der Waals surface area (Å²) in [4.78, 5) is 25.3. The predicted octanol–water partition coefficient (Wildman–Crippen LogP) is 0.489. The summed E-state index contributed by atoms with van der Waals surface area (Å²) < 4.78 is 0. The molecule has 1 aliphatic heterocycles. The van der Waals surface area contributed by atoms with Gasteiger partial charge in [-0.3, -0.25) is 9.59 Å². The number of hydrogen-bond donors (Lipinski definition) is 2. The van der Waals surface area contributed by atoms with Crippen LogP contribution in [0.3, 0.4) is 0 Å². The average Bonchev–Trinajstić information content (AvgIpc) is 2.92. The highest BCUT2D eigenvalue weighted by atomic mass is 16.2. The van der Waals surface area contributed by atoms with E-state index in [9.17, 15) is 9.59 Å². The molecule has 19 heavy (non-hydrogen) atoms. The van der Waals surface area contributed by atoms with E-state index < -0.39 is 0 Å². The first kappa shape index (κ1) is 14.3. The largest absolute Gasteiger partial charge is 0.356 e. The van der Waals surface area contributed by atoms with Crippen molar-refractivity contribution in [2.24, 2.45) is 17.6 Å². The highest BCUT2D eigenvalue weighted by molar-refractivity contribution is 5.79. The summed E-state index contributed by atoms with van der Waals surface area (Å²) in [5, 5.41) is 2.75. The summed E-state index contributed by atoms with van der Waals surface area (Å²) >= 11 is 0. The van der Waals surface area contributed by atoms with Gasteiger partial charge in [0.2, 0.25) is 11.8 Å². The molecule has 0 bridgehead atoms. The molecule has 2 amide bonds. The maximum atomic E-state index is 12.1. The van der Waals surface area contributed by atoms with E-state index >= 15 is 0 Å². The molecule has 3 unspecified atom stereocenters. The summed E-state index contributed by atoms with van der Waals surface area (Å²) in [6.45, 7) is 4.25. The first-order valence-corrected chi connectivity index (χ1v) is 7.42.